The van der Waals surface area contributed by atoms with Gasteiger partial charge in [-0.15, -0.1) is 0 Å². The molecule has 0 unspecified atom stereocenters. The number of carbonyl (C=O) groups is 2. The number of amides is 2. The van der Waals surface area contributed by atoms with Crippen LogP contribution in [0.3, 0.4) is 0 Å². The zero-order chi connectivity index (χ0) is 15.6. The van der Waals surface area contributed by atoms with Crippen molar-refractivity contribution in [2.75, 3.05) is 6.61 Å². The molecule has 2 atom stereocenters. The zero-order valence-corrected chi connectivity index (χ0v) is 12.8. The average molecular weight is 291 g/mol. The Bertz CT molecular complexity index is 521. The first kappa shape index (κ1) is 15.5. The first-order chi connectivity index (χ1) is 9.85. The van der Waals surface area contributed by atoms with Gasteiger partial charge in [0.2, 0.25) is 0 Å². The molecule has 114 valence electrons. The fourth-order valence-corrected chi connectivity index (χ4v) is 2.29. The van der Waals surface area contributed by atoms with Gasteiger partial charge in [0.05, 0.1) is 0 Å². The van der Waals surface area contributed by atoms with E-state index in [1.165, 1.54) is 0 Å². The maximum atomic E-state index is 12.2. The third-order valence-electron chi connectivity index (χ3n) is 3.12. The number of benzene rings is 1. The largest absolute Gasteiger partial charge is 0.443 e. The lowest BCUT2D eigenvalue weighted by molar-refractivity contribution is -0.171. The number of likely N-dealkylation sites (tertiary alicyclic amines) is 1. The van der Waals surface area contributed by atoms with Gasteiger partial charge in [0.25, 0.3) is 5.91 Å². The Balaban J connectivity index is 2.23. The van der Waals surface area contributed by atoms with E-state index in [1.807, 2.05) is 37.3 Å². The summed E-state index contributed by atoms with van der Waals surface area (Å²) in [6.45, 7) is 7.56. The lowest BCUT2D eigenvalue weighted by atomic mass is 9.91. The Labute approximate surface area is 124 Å². The third kappa shape index (κ3) is 3.24. The van der Waals surface area contributed by atoms with Gasteiger partial charge in [-0.3, -0.25) is 4.79 Å². The molecule has 0 N–H and O–H groups in total. The van der Waals surface area contributed by atoms with Gasteiger partial charge in [0.15, 0.2) is 6.10 Å². The second-order valence-electron chi connectivity index (χ2n) is 5.92. The molecule has 1 aromatic carbocycles. The summed E-state index contributed by atoms with van der Waals surface area (Å²) >= 11 is 0. The molecule has 0 saturated carbocycles. The summed E-state index contributed by atoms with van der Waals surface area (Å²) in [6, 6.07) is 8.95. The summed E-state index contributed by atoms with van der Waals surface area (Å²) in [7, 11) is 0. The van der Waals surface area contributed by atoms with Crippen LogP contribution in [0.2, 0.25) is 0 Å². The molecule has 1 aliphatic heterocycles. The summed E-state index contributed by atoms with van der Waals surface area (Å²) in [4.78, 5) is 25.5. The maximum absolute atomic E-state index is 12.2. The molecule has 1 aromatic rings. The van der Waals surface area contributed by atoms with E-state index in [1.54, 1.807) is 20.8 Å². The molecule has 2 rings (SSSR count). The topological polar surface area (TPSA) is 55.8 Å². The minimum absolute atomic E-state index is 0.347. The molecular weight excluding hydrogens is 270 g/mol. The van der Waals surface area contributed by atoms with E-state index in [4.69, 9.17) is 9.47 Å². The fourth-order valence-electron chi connectivity index (χ4n) is 2.29. The molecule has 0 aromatic heterocycles. The summed E-state index contributed by atoms with van der Waals surface area (Å²) in [5, 5.41) is 0. The Morgan fingerprint density at radius 2 is 1.86 bits per heavy atom. The molecule has 2 amide bonds. The van der Waals surface area contributed by atoms with Crippen molar-refractivity contribution in [3.8, 4) is 0 Å². The van der Waals surface area contributed by atoms with Gasteiger partial charge in [-0.1, -0.05) is 30.3 Å². The summed E-state index contributed by atoms with van der Waals surface area (Å²) in [6.07, 6.45) is -1.25. The van der Waals surface area contributed by atoms with E-state index in [9.17, 15) is 9.59 Å². The number of hydrogen-bond donors (Lipinski definition) is 0. The highest BCUT2D eigenvalue weighted by Crippen LogP contribution is 2.38. The molecule has 1 aliphatic rings. The number of β-lactam (4-membered cyclic amide) rings is 1. The number of hydrogen-bond acceptors (Lipinski definition) is 4. The summed E-state index contributed by atoms with van der Waals surface area (Å²) in [5.74, 6) is -0.347. The lowest BCUT2D eigenvalue weighted by Crippen LogP contribution is -2.62. The molecule has 21 heavy (non-hydrogen) atoms. The van der Waals surface area contributed by atoms with E-state index < -0.39 is 23.8 Å². The number of ether oxygens (including phenoxy) is 2. The standard InChI is InChI=1S/C16H21NO4/c1-5-20-13-12(11-9-7-6-8-10-11)17(14(13)18)15(19)21-16(2,3)4/h6-10,12-13H,5H2,1-4H3/t12-,13+/m0/s1. The smallest absolute Gasteiger partial charge is 0.417 e. The van der Waals surface area contributed by atoms with Crippen molar-refractivity contribution >= 4 is 12.0 Å². The SMILES string of the molecule is CCO[C@H]1C(=O)N(C(=O)OC(C)(C)C)[C@H]1c1ccccc1. The van der Waals surface area contributed by atoms with Crippen LogP contribution in [0.25, 0.3) is 0 Å². The minimum atomic E-state index is -0.644. The summed E-state index contributed by atoms with van der Waals surface area (Å²) < 4.78 is 10.8. The molecule has 1 saturated heterocycles. The van der Waals surface area contributed by atoms with Gasteiger partial charge in [0.1, 0.15) is 11.6 Å². The molecule has 5 heteroatoms. The van der Waals surface area contributed by atoms with Crippen LogP contribution in [0.4, 0.5) is 4.79 Å². The average Bonchev–Trinajstić information content (AvgIpc) is 2.40. The first-order valence-electron chi connectivity index (χ1n) is 7.07. The van der Waals surface area contributed by atoms with Crippen molar-refractivity contribution in [3.63, 3.8) is 0 Å². The van der Waals surface area contributed by atoms with Crippen LogP contribution in [0, 0.1) is 0 Å². The highest BCUT2D eigenvalue weighted by molar-refractivity contribution is 6.01. The molecule has 5 nitrogen and oxygen atoms in total. The number of nitrogens with zero attached hydrogens (tertiary/aromatic N) is 1. The Morgan fingerprint density at radius 1 is 1.24 bits per heavy atom. The predicted octanol–water partition coefficient (Wildman–Crippen LogP) is 2.91. The van der Waals surface area contributed by atoms with Crippen molar-refractivity contribution in [2.24, 2.45) is 0 Å². The molecule has 1 fully saturated rings. The Hall–Kier alpha value is -1.88. The van der Waals surface area contributed by atoms with E-state index in [0.29, 0.717) is 6.61 Å². The monoisotopic (exact) mass is 291 g/mol. The highest BCUT2D eigenvalue weighted by Gasteiger charge is 2.53. The number of imide groups is 1. The van der Waals surface area contributed by atoms with E-state index in [-0.39, 0.29) is 5.91 Å². The van der Waals surface area contributed by atoms with Crippen LogP contribution in [-0.2, 0) is 14.3 Å². The molecule has 0 radical (unpaired) electrons. The van der Waals surface area contributed by atoms with E-state index in [2.05, 4.69) is 0 Å². The zero-order valence-electron chi connectivity index (χ0n) is 12.8. The normalized spacial score (nSPS) is 21.9. The minimum Gasteiger partial charge on any atom is -0.443 e. The fraction of sp³-hybridized carbons (Fsp3) is 0.500. The first-order valence-corrected chi connectivity index (χ1v) is 7.07. The predicted molar refractivity (Wildman–Crippen MR) is 77.7 cm³/mol. The molecule has 1 heterocycles. The van der Waals surface area contributed by atoms with Crippen molar-refractivity contribution < 1.29 is 19.1 Å². The molecule has 0 bridgehead atoms. The van der Waals surface area contributed by atoms with Crippen LogP contribution in [0.1, 0.15) is 39.3 Å². The van der Waals surface area contributed by atoms with Crippen LogP contribution < -0.4 is 0 Å². The van der Waals surface area contributed by atoms with Gasteiger partial charge < -0.3 is 9.47 Å². The van der Waals surface area contributed by atoms with E-state index in [0.717, 1.165) is 10.5 Å². The van der Waals surface area contributed by atoms with Gasteiger partial charge in [0, 0.05) is 6.61 Å². The third-order valence-corrected chi connectivity index (χ3v) is 3.12. The molecule has 0 aliphatic carbocycles. The van der Waals surface area contributed by atoms with Crippen LogP contribution in [0.5, 0.6) is 0 Å². The number of rotatable bonds is 3. The van der Waals surface area contributed by atoms with E-state index >= 15 is 0 Å². The quantitative estimate of drug-likeness (QED) is 0.803. The second-order valence-corrected chi connectivity index (χ2v) is 5.92. The van der Waals surface area contributed by atoms with Crippen molar-refractivity contribution in [3.05, 3.63) is 35.9 Å². The van der Waals surface area contributed by atoms with Crippen LogP contribution in [-0.4, -0.2) is 35.2 Å². The van der Waals surface area contributed by atoms with Crippen molar-refractivity contribution in [1.29, 1.82) is 0 Å². The number of carbonyl (C=O) groups excluding carboxylic acids is 2. The van der Waals surface area contributed by atoms with Crippen LogP contribution in [0.15, 0.2) is 30.3 Å². The molecule has 0 spiro atoms. The maximum Gasteiger partial charge on any atom is 0.417 e. The second kappa shape index (κ2) is 5.85. The Kier molecular flexibility index (Phi) is 4.32. The lowest BCUT2D eigenvalue weighted by Gasteiger charge is -2.45. The van der Waals surface area contributed by atoms with Gasteiger partial charge in [-0.25, -0.2) is 9.69 Å². The molecular formula is C16H21NO4. The van der Waals surface area contributed by atoms with Crippen molar-refractivity contribution in [1.82, 2.24) is 4.90 Å². The summed E-state index contributed by atoms with van der Waals surface area (Å²) in [5.41, 5.74) is 0.219. The van der Waals surface area contributed by atoms with Gasteiger partial charge in [-0.05, 0) is 33.3 Å². The highest BCUT2D eigenvalue weighted by atomic mass is 16.6. The Morgan fingerprint density at radius 3 is 2.38 bits per heavy atom. The van der Waals surface area contributed by atoms with Gasteiger partial charge in [-0.2, -0.15) is 0 Å². The van der Waals surface area contributed by atoms with Gasteiger partial charge >= 0.3 is 6.09 Å². The van der Waals surface area contributed by atoms with Crippen LogP contribution >= 0.6 is 0 Å². The van der Waals surface area contributed by atoms with Crippen molar-refractivity contribution in [2.45, 2.75) is 45.4 Å².